The number of rotatable bonds is 4. The zero-order valence-corrected chi connectivity index (χ0v) is 11.2. The second-order valence-corrected chi connectivity index (χ2v) is 4.89. The Morgan fingerprint density at radius 1 is 1.48 bits per heavy atom. The van der Waals surface area contributed by atoms with Crippen LogP contribution in [0.25, 0.3) is 11.5 Å². The van der Waals surface area contributed by atoms with Crippen molar-refractivity contribution in [3.05, 3.63) is 34.1 Å². The van der Waals surface area contributed by atoms with E-state index in [2.05, 4.69) is 10.1 Å². The van der Waals surface area contributed by atoms with Crippen molar-refractivity contribution in [3.8, 4) is 11.5 Å². The van der Waals surface area contributed by atoms with E-state index in [4.69, 9.17) is 15.0 Å². The molecule has 0 aliphatic carbocycles. The molecule has 1 aromatic carbocycles. The molecule has 1 aromatic heterocycles. The Kier molecular flexibility index (Phi) is 3.53. The van der Waals surface area contributed by atoms with Crippen LogP contribution < -0.4 is 5.73 Å². The summed E-state index contributed by atoms with van der Waals surface area (Å²) in [7, 11) is 0. The Hall–Kier alpha value is -2.48. The van der Waals surface area contributed by atoms with Gasteiger partial charge < -0.3 is 15.0 Å². The summed E-state index contributed by atoms with van der Waals surface area (Å²) in [6.45, 7) is 0.763. The first-order valence-electron chi connectivity index (χ1n) is 6.62. The number of hydrogen-bond acceptors (Lipinski definition) is 7. The zero-order valence-electron chi connectivity index (χ0n) is 11.2. The average molecular weight is 290 g/mol. The number of aromatic nitrogens is 2. The summed E-state index contributed by atoms with van der Waals surface area (Å²) in [4.78, 5) is 14.6. The van der Waals surface area contributed by atoms with Gasteiger partial charge in [0.15, 0.2) is 5.82 Å². The fourth-order valence-electron chi connectivity index (χ4n) is 2.30. The zero-order chi connectivity index (χ0) is 14.8. The molecule has 0 spiro atoms. The van der Waals surface area contributed by atoms with Gasteiger partial charge in [-0.1, -0.05) is 5.16 Å². The third kappa shape index (κ3) is 2.84. The minimum absolute atomic E-state index is 0.0999. The van der Waals surface area contributed by atoms with E-state index >= 15 is 0 Å². The first-order valence-corrected chi connectivity index (χ1v) is 6.62. The SMILES string of the molecule is Nc1ccc(-c2nc(CC3CCCO3)no2)cc1[N+](=O)[O-]. The van der Waals surface area contributed by atoms with Crippen molar-refractivity contribution in [2.24, 2.45) is 0 Å². The molecule has 2 N–H and O–H groups in total. The van der Waals surface area contributed by atoms with Gasteiger partial charge in [0.05, 0.1) is 11.0 Å². The molecule has 1 atom stereocenters. The molecule has 1 aliphatic rings. The van der Waals surface area contributed by atoms with Crippen molar-refractivity contribution >= 4 is 11.4 Å². The van der Waals surface area contributed by atoms with Gasteiger partial charge in [0.25, 0.3) is 11.6 Å². The number of benzene rings is 1. The van der Waals surface area contributed by atoms with E-state index < -0.39 is 4.92 Å². The molecular weight excluding hydrogens is 276 g/mol. The van der Waals surface area contributed by atoms with Crippen LogP contribution in [0.1, 0.15) is 18.7 Å². The predicted octanol–water partition coefficient (Wildman–Crippen LogP) is 1.95. The Morgan fingerprint density at radius 2 is 2.33 bits per heavy atom. The Labute approximate surface area is 120 Å². The molecule has 110 valence electrons. The number of anilines is 1. The van der Waals surface area contributed by atoms with Gasteiger partial charge in [-0.25, -0.2) is 0 Å². The highest BCUT2D eigenvalue weighted by Crippen LogP contribution is 2.28. The fraction of sp³-hybridized carbons (Fsp3) is 0.385. The van der Waals surface area contributed by atoms with Crippen LogP contribution in [-0.4, -0.2) is 27.8 Å². The monoisotopic (exact) mass is 290 g/mol. The highest BCUT2D eigenvalue weighted by atomic mass is 16.6. The molecule has 0 radical (unpaired) electrons. The summed E-state index contributed by atoms with van der Waals surface area (Å²) in [6, 6.07) is 4.40. The molecule has 1 fully saturated rings. The van der Waals surface area contributed by atoms with Crippen molar-refractivity contribution in [2.45, 2.75) is 25.4 Å². The Balaban J connectivity index is 1.82. The largest absolute Gasteiger partial charge is 0.393 e. The number of nitrogens with two attached hydrogens (primary N) is 1. The average Bonchev–Trinajstić information content (AvgIpc) is 3.11. The summed E-state index contributed by atoms with van der Waals surface area (Å²) in [5.41, 5.74) is 5.96. The van der Waals surface area contributed by atoms with Gasteiger partial charge in [-0.05, 0) is 25.0 Å². The molecule has 1 aliphatic heterocycles. The first-order chi connectivity index (χ1) is 10.1. The number of nitrogen functional groups attached to an aromatic ring is 1. The minimum atomic E-state index is -0.539. The molecule has 1 saturated heterocycles. The maximum atomic E-state index is 10.9. The first kappa shape index (κ1) is 13.5. The number of nitrogens with zero attached hydrogens (tertiary/aromatic N) is 3. The van der Waals surface area contributed by atoms with E-state index in [-0.39, 0.29) is 23.4 Å². The summed E-state index contributed by atoms with van der Waals surface area (Å²) in [5.74, 6) is 0.780. The molecule has 8 heteroatoms. The van der Waals surface area contributed by atoms with Crippen molar-refractivity contribution in [1.82, 2.24) is 10.1 Å². The molecule has 3 rings (SSSR count). The van der Waals surface area contributed by atoms with Crippen LogP contribution in [-0.2, 0) is 11.2 Å². The van der Waals surface area contributed by atoms with Gasteiger partial charge in [0.2, 0.25) is 0 Å². The lowest BCUT2D eigenvalue weighted by molar-refractivity contribution is -0.383. The maximum Gasteiger partial charge on any atom is 0.292 e. The molecule has 1 unspecified atom stereocenters. The van der Waals surface area contributed by atoms with Crippen molar-refractivity contribution in [2.75, 3.05) is 12.3 Å². The second-order valence-electron chi connectivity index (χ2n) is 4.89. The Bertz CT molecular complexity index is 664. The molecule has 2 aromatic rings. The molecule has 2 heterocycles. The smallest absolute Gasteiger partial charge is 0.292 e. The van der Waals surface area contributed by atoms with Gasteiger partial charge in [-0.2, -0.15) is 4.98 Å². The number of nitro benzene ring substituents is 1. The number of ether oxygens (including phenoxy) is 1. The minimum Gasteiger partial charge on any atom is -0.393 e. The van der Waals surface area contributed by atoms with Crippen LogP contribution in [0, 0.1) is 10.1 Å². The molecule has 0 amide bonds. The molecule has 21 heavy (non-hydrogen) atoms. The van der Waals surface area contributed by atoms with Crippen molar-refractivity contribution < 1.29 is 14.2 Å². The molecule has 0 bridgehead atoms. The highest BCUT2D eigenvalue weighted by Gasteiger charge is 2.20. The third-order valence-electron chi connectivity index (χ3n) is 3.38. The van der Waals surface area contributed by atoms with E-state index in [9.17, 15) is 10.1 Å². The van der Waals surface area contributed by atoms with Crippen LogP contribution in [0.5, 0.6) is 0 Å². The normalized spacial score (nSPS) is 18.0. The van der Waals surface area contributed by atoms with E-state index in [1.165, 1.54) is 12.1 Å². The maximum absolute atomic E-state index is 10.9. The van der Waals surface area contributed by atoms with Gasteiger partial charge in [0.1, 0.15) is 5.69 Å². The van der Waals surface area contributed by atoms with Gasteiger partial charge in [-0.15, -0.1) is 0 Å². The third-order valence-corrected chi connectivity index (χ3v) is 3.38. The van der Waals surface area contributed by atoms with Crippen LogP contribution in [0.2, 0.25) is 0 Å². The van der Waals surface area contributed by atoms with E-state index in [1.807, 2.05) is 0 Å². The molecule has 8 nitrogen and oxygen atoms in total. The van der Waals surface area contributed by atoms with Crippen LogP contribution in [0.15, 0.2) is 22.7 Å². The lowest BCUT2D eigenvalue weighted by Crippen LogP contribution is -2.09. The van der Waals surface area contributed by atoms with E-state index in [0.29, 0.717) is 17.8 Å². The predicted molar refractivity (Wildman–Crippen MR) is 73.5 cm³/mol. The van der Waals surface area contributed by atoms with Gasteiger partial charge in [-0.3, -0.25) is 10.1 Å². The lowest BCUT2D eigenvalue weighted by Gasteiger charge is -2.03. The lowest BCUT2D eigenvalue weighted by atomic mass is 10.1. The topological polar surface area (TPSA) is 117 Å². The van der Waals surface area contributed by atoms with Gasteiger partial charge in [0, 0.05) is 24.7 Å². The summed E-state index contributed by atoms with van der Waals surface area (Å²) < 4.78 is 10.7. The summed E-state index contributed by atoms with van der Waals surface area (Å²) >= 11 is 0. The Morgan fingerprint density at radius 3 is 3.05 bits per heavy atom. The van der Waals surface area contributed by atoms with Crippen LogP contribution in [0.3, 0.4) is 0 Å². The van der Waals surface area contributed by atoms with Crippen LogP contribution in [0.4, 0.5) is 11.4 Å². The standard InChI is InChI=1S/C13H14N4O4/c14-10-4-3-8(6-11(10)17(18)19)13-15-12(16-21-13)7-9-2-1-5-20-9/h3-4,6,9H,1-2,5,7,14H2. The second kappa shape index (κ2) is 5.49. The van der Waals surface area contributed by atoms with Crippen LogP contribution >= 0.6 is 0 Å². The van der Waals surface area contributed by atoms with Crippen molar-refractivity contribution in [3.63, 3.8) is 0 Å². The molecular formula is C13H14N4O4. The van der Waals surface area contributed by atoms with Crippen molar-refractivity contribution in [1.29, 1.82) is 0 Å². The highest BCUT2D eigenvalue weighted by molar-refractivity contribution is 5.67. The quantitative estimate of drug-likeness (QED) is 0.519. The fourth-order valence-corrected chi connectivity index (χ4v) is 2.30. The summed E-state index contributed by atoms with van der Waals surface area (Å²) in [6.07, 6.45) is 2.73. The van der Waals surface area contributed by atoms with E-state index in [1.54, 1.807) is 6.07 Å². The molecule has 0 saturated carbocycles. The summed E-state index contributed by atoms with van der Waals surface area (Å²) in [5, 5.41) is 14.8. The van der Waals surface area contributed by atoms with E-state index in [0.717, 1.165) is 19.4 Å². The number of hydrogen-bond donors (Lipinski definition) is 1. The van der Waals surface area contributed by atoms with Gasteiger partial charge >= 0.3 is 0 Å². The number of nitro groups is 1.